The molecule has 0 aliphatic heterocycles. The van der Waals surface area contributed by atoms with Crippen LogP contribution >= 0.6 is 0 Å². The fourth-order valence-corrected chi connectivity index (χ4v) is 2.44. The van der Waals surface area contributed by atoms with Gasteiger partial charge in [0.1, 0.15) is 6.04 Å². The first-order chi connectivity index (χ1) is 12.1. The standard InChI is InChI=1S/C18H22BN3O3/c20-16(12-7-13-22-18(21)24)17(23)25-19(14-8-3-1-4-9-14)15-10-5-2-6-11-15/h1-6,8-11,16H,7,12-13,20H2,(H3,21,22,24). The molecule has 2 amide bonds. The van der Waals surface area contributed by atoms with Crippen molar-refractivity contribution in [1.29, 1.82) is 0 Å². The number of hydrogen-bond acceptors (Lipinski definition) is 4. The van der Waals surface area contributed by atoms with Crippen molar-refractivity contribution in [3.63, 3.8) is 0 Å². The van der Waals surface area contributed by atoms with Crippen LogP contribution < -0.4 is 27.7 Å². The molecule has 130 valence electrons. The molecule has 0 aliphatic rings. The lowest BCUT2D eigenvalue weighted by atomic mass is 9.55. The van der Waals surface area contributed by atoms with Crippen LogP contribution in [0.25, 0.3) is 0 Å². The highest BCUT2D eigenvalue weighted by Crippen LogP contribution is 2.01. The Morgan fingerprint density at radius 3 is 2.00 bits per heavy atom. The number of hydrogen-bond donors (Lipinski definition) is 3. The lowest BCUT2D eigenvalue weighted by Gasteiger charge is -2.18. The maximum atomic E-state index is 12.4. The fraction of sp³-hybridized carbons (Fsp3) is 0.222. The normalized spacial score (nSPS) is 11.4. The van der Waals surface area contributed by atoms with Gasteiger partial charge >= 0.3 is 18.9 Å². The minimum Gasteiger partial charge on any atom is -0.525 e. The van der Waals surface area contributed by atoms with Crippen molar-refractivity contribution in [3.05, 3.63) is 60.7 Å². The molecule has 2 rings (SSSR count). The molecule has 0 saturated carbocycles. The number of nitrogens with one attached hydrogen (secondary N) is 1. The van der Waals surface area contributed by atoms with Gasteiger partial charge in [-0.2, -0.15) is 0 Å². The van der Waals surface area contributed by atoms with Crippen LogP contribution in [0.15, 0.2) is 60.7 Å². The molecular formula is C18H22BN3O3. The topological polar surface area (TPSA) is 107 Å². The molecule has 0 fully saturated rings. The number of carbonyl (C=O) groups is 2. The molecule has 0 spiro atoms. The van der Waals surface area contributed by atoms with E-state index in [0.717, 1.165) is 10.9 Å². The zero-order valence-electron chi connectivity index (χ0n) is 13.9. The third-order valence-electron chi connectivity index (χ3n) is 3.73. The summed E-state index contributed by atoms with van der Waals surface area (Å²) >= 11 is 0. The van der Waals surface area contributed by atoms with Crippen molar-refractivity contribution in [2.24, 2.45) is 11.5 Å². The number of amides is 2. The predicted octanol–water partition coefficient (Wildman–Crippen LogP) is 0.111. The summed E-state index contributed by atoms with van der Waals surface area (Å²) in [5, 5.41) is 2.46. The minimum absolute atomic E-state index is 0.372. The third-order valence-corrected chi connectivity index (χ3v) is 3.73. The zero-order chi connectivity index (χ0) is 18.1. The van der Waals surface area contributed by atoms with Crippen LogP contribution in [0.2, 0.25) is 0 Å². The summed E-state index contributed by atoms with van der Waals surface area (Å²) in [4.78, 5) is 23.0. The first kappa shape index (κ1) is 18.5. The average Bonchev–Trinajstić information content (AvgIpc) is 2.64. The molecule has 0 heterocycles. The van der Waals surface area contributed by atoms with E-state index >= 15 is 0 Å². The maximum Gasteiger partial charge on any atom is 0.429 e. The van der Waals surface area contributed by atoms with E-state index in [-0.39, 0.29) is 0 Å². The third kappa shape index (κ3) is 5.97. The molecule has 0 aromatic heterocycles. The van der Waals surface area contributed by atoms with E-state index in [2.05, 4.69) is 5.32 Å². The van der Waals surface area contributed by atoms with Crippen molar-refractivity contribution in [2.45, 2.75) is 18.9 Å². The van der Waals surface area contributed by atoms with Gasteiger partial charge in [-0.1, -0.05) is 60.7 Å². The maximum absolute atomic E-state index is 12.4. The molecule has 25 heavy (non-hydrogen) atoms. The van der Waals surface area contributed by atoms with E-state index in [9.17, 15) is 9.59 Å². The van der Waals surface area contributed by atoms with Gasteiger partial charge in [0.05, 0.1) is 0 Å². The number of benzene rings is 2. The van der Waals surface area contributed by atoms with Crippen LogP contribution in [-0.4, -0.2) is 31.5 Å². The summed E-state index contributed by atoms with van der Waals surface area (Å²) in [6.07, 6.45) is 0.940. The first-order valence-electron chi connectivity index (χ1n) is 8.17. The van der Waals surface area contributed by atoms with Crippen LogP contribution in [0.3, 0.4) is 0 Å². The number of urea groups is 1. The van der Waals surface area contributed by atoms with Gasteiger partial charge in [-0.05, 0) is 23.8 Å². The quantitative estimate of drug-likeness (QED) is 0.469. The number of nitrogens with two attached hydrogens (primary N) is 2. The minimum atomic E-state index is -0.760. The first-order valence-corrected chi connectivity index (χ1v) is 8.17. The second kappa shape index (κ2) is 9.49. The van der Waals surface area contributed by atoms with Crippen LogP contribution in [-0.2, 0) is 9.45 Å². The van der Waals surface area contributed by atoms with Gasteiger partial charge in [0.2, 0.25) is 0 Å². The largest absolute Gasteiger partial charge is 0.525 e. The molecule has 0 bridgehead atoms. The monoisotopic (exact) mass is 339 g/mol. The summed E-state index contributed by atoms with van der Waals surface area (Å²) in [7, 11) is 0. The van der Waals surface area contributed by atoms with Crippen LogP contribution in [0, 0.1) is 0 Å². The van der Waals surface area contributed by atoms with Crippen molar-refractivity contribution in [1.82, 2.24) is 5.32 Å². The Labute approximate surface area is 147 Å². The van der Waals surface area contributed by atoms with Crippen molar-refractivity contribution in [2.75, 3.05) is 6.54 Å². The lowest BCUT2D eigenvalue weighted by Crippen LogP contribution is -2.49. The Bertz CT molecular complexity index is 643. The molecule has 0 saturated heterocycles. The van der Waals surface area contributed by atoms with Gasteiger partial charge in [0.15, 0.2) is 0 Å². The van der Waals surface area contributed by atoms with E-state index in [1.807, 2.05) is 60.7 Å². The van der Waals surface area contributed by atoms with Gasteiger partial charge in [-0.3, -0.25) is 4.79 Å². The number of carbonyl (C=O) groups excluding carboxylic acids is 2. The molecule has 0 radical (unpaired) electrons. The Morgan fingerprint density at radius 2 is 1.52 bits per heavy atom. The van der Waals surface area contributed by atoms with Gasteiger partial charge < -0.3 is 21.4 Å². The molecule has 2 aromatic carbocycles. The molecule has 0 aliphatic carbocycles. The van der Waals surface area contributed by atoms with E-state index in [1.54, 1.807) is 0 Å². The van der Waals surface area contributed by atoms with Gasteiger partial charge in [0.25, 0.3) is 0 Å². The van der Waals surface area contributed by atoms with Crippen LogP contribution in [0.5, 0.6) is 0 Å². The molecular weight excluding hydrogens is 317 g/mol. The highest BCUT2D eigenvalue weighted by Gasteiger charge is 2.27. The number of primary amides is 1. The fourth-order valence-electron chi connectivity index (χ4n) is 2.44. The summed E-state index contributed by atoms with van der Waals surface area (Å²) in [5.74, 6) is -0.475. The highest BCUT2D eigenvalue weighted by atomic mass is 16.5. The second-order valence-electron chi connectivity index (χ2n) is 5.68. The van der Waals surface area contributed by atoms with Crippen molar-refractivity contribution < 1.29 is 14.2 Å². The Kier molecular flexibility index (Phi) is 7.04. The smallest absolute Gasteiger partial charge is 0.429 e. The summed E-state index contributed by atoms with van der Waals surface area (Å²) in [6.45, 7) is -0.137. The van der Waals surface area contributed by atoms with Crippen molar-refractivity contribution >= 4 is 29.8 Å². The van der Waals surface area contributed by atoms with E-state index in [0.29, 0.717) is 19.4 Å². The van der Waals surface area contributed by atoms with Gasteiger partial charge in [-0.15, -0.1) is 0 Å². The summed E-state index contributed by atoms with van der Waals surface area (Å²) in [6, 6.07) is 17.7. The predicted molar refractivity (Wildman–Crippen MR) is 98.8 cm³/mol. The Morgan fingerprint density at radius 1 is 1.00 bits per heavy atom. The highest BCUT2D eigenvalue weighted by molar-refractivity contribution is 6.81. The number of rotatable bonds is 8. The zero-order valence-corrected chi connectivity index (χ0v) is 13.9. The second-order valence-corrected chi connectivity index (χ2v) is 5.68. The molecule has 5 N–H and O–H groups in total. The molecule has 1 atom stereocenters. The lowest BCUT2D eigenvalue weighted by molar-refractivity contribution is -0.136. The van der Waals surface area contributed by atoms with E-state index in [4.69, 9.17) is 16.1 Å². The van der Waals surface area contributed by atoms with E-state index < -0.39 is 25.0 Å². The van der Waals surface area contributed by atoms with Gasteiger partial charge in [0, 0.05) is 6.54 Å². The van der Waals surface area contributed by atoms with Gasteiger partial charge in [-0.25, -0.2) is 4.79 Å². The molecule has 2 aromatic rings. The van der Waals surface area contributed by atoms with Crippen LogP contribution in [0.1, 0.15) is 12.8 Å². The molecule has 6 nitrogen and oxygen atoms in total. The summed E-state index contributed by atoms with van der Waals surface area (Å²) < 4.78 is 5.69. The Hall–Kier alpha value is -2.80. The average molecular weight is 339 g/mol. The Balaban J connectivity index is 2.01. The summed E-state index contributed by atoms with van der Waals surface area (Å²) in [5.41, 5.74) is 12.7. The van der Waals surface area contributed by atoms with Crippen LogP contribution in [0.4, 0.5) is 4.79 Å². The molecule has 7 heteroatoms. The van der Waals surface area contributed by atoms with E-state index in [1.165, 1.54) is 0 Å². The SMILES string of the molecule is NC(=O)NCCCC(N)C(=O)OB(c1ccccc1)c1ccccc1. The van der Waals surface area contributed by atoms with Crippen molar-refractivity contribution in [3.8, 4) is 0 Å². The molecule has 1 unspecified atom stereocenters.